The van der Waals surface area contributed by atoms with Gasteiger partial charge in [0.15, 0.2) is 0 Å². The van der Waals surface area contributed by atoms with Gasteiger partial charge in [-0.05, 0) is 43.0 Å². The average Bonchev–Trinajstić information content (AvgIpc) is 3.32. The number of H-pyrrole nitrogens is 1. The quantitative estimate of drug-likeness (QED) is 0.635. The molecule has 2 atom stereocenters. The molecule has 9 heteroatoms. The molecule has 3 amide bonds. The van der Waals surface area contributed by atoms with Crippen molar-refractivity contribution in [3.05, 3.63) is 46.8 Å². The van der Waals surface area contributed by atoms with Gasteiger partial charge in [-0.25, -0.2) is 0 Å². The Bertz CT molecular complexity index is 1050. The standard InChI is InChI=1S/C22H26N6O3/c23-17-9-24-26-20(17)15-2-1-7-27(11-15)10-13-3-4-14-12-28(22(31)16(14)8-13)18-5-6-19(29)25-21(18)30/h3-4,8-9,15,18H,1-2,5-7,10-12,23H2,(H,24,26)(H,25,29,30). The number of benzene rings is 1. The number of anilines is 1. The van der Waals surface area contributed by atoms with Crippen molar-refractivity contribution in [1.29, 1.82) is 0 Å². The van der Waals surface area contributed by atoms with E-state index < -0.39 is 6.04 Å². The molecule has 162 valence electrons. The van der Waals surface area contributed by atoms with Crippen LogP contribution in [0.1, 0.15) is 58.8 Å². The maximum atomic E-state index is 13.0. The molecule has 4 N–H and O–H groups in total. The van der Waals surface area contributed by atoms with Crippen LogP contribution in [0, 0.1) is 0 Å². The van der Waals surface area contributed by atoms with Crippen molar-refractivity contribution in [3.8, 4) is 0 Å². The lowest BCUT2D eigenvalue weighted by Gasteiger charge is -2.32. The lowest BCUT2D eigenvalue weighted by atomic mass is 9.93. The first-order valence-electron chi connectivity index (χ1n) is 10.8. The van der Waals surface area contributed by atoms with Crippen molar-refractivity contribution >= 4 is 23.4 Å². The third-order valence-electron chi connectivity index (χ3n) is 6.61. The number of nitrogens with two attached hydrogens (primary N) is 1. The number of amides is 3. The highest BCUT2D eigenvalue weighted by Gasteiger charge is 2.39. The number of rotatable bonds is 4. The number of piperidine rings is 2. The van der Waals surface area contributed by atoms with Crippen LogP contribution in [0.4, 0.5) is 5.69 Å². The minimum Gasteiger partial charge on any atom is -0.396 e. The Labute approximate surface area is 180 Å². The zero-order chi connectivity index (χ0) is 21.5. The van der Waals surface area contributed by atoms with Gasteiger partial charge in [0, 0.05) is 37.5 Å². The molecule has 2 unspecified atom stereocenters. The topological polar surface area (TPSA) is 124 Å². The largest absolute Gasteiger partial charge is 0.396 e. The van der Waals surface area contributed by atoms with E-state index in [1.807, 2.05) is 12.1 Å². The number of aromatic nitrogens is 2. The lowest BCUT2D eigenvalue weighted by molar-refractivity contribution is -0.136. The van der Waals surface area contributed by atoms with Crippen molar-refractivity contribution < 1.29 is 14.4 Å². The maximum absolute atomic E-state index is 13.0. The number of hydrogen-bond donors (Lipinski definition) is 3. The third kappa shape index (κ3) is 3.69. The molecule has 3 aliphatic rings. The molecule has 4 heterocycles. The van der Waals surface area contributed by atoms with E-state index in [9.17, 15) is 14.4 Å². The highest BCUT2D eigenvalue weighted by molar-refractivity contribution is 6.05. The van der Waals surface area contributed by atoms with Crippen LogP contribution < -0.4 is 11.1 Å². The molecule has 5 rings (SSSR count). The fraction of sp³-hybridized carbons (Fsp3) is 0.455. The van der Waals surface area contributed by atoms with Crippen LogP contribution in [-0.2, 0) is 22.7 Å². The molecule has 0 radical (unpaired) electrons. The summed E-state index contributed by atoms with van der Waals surface area (Å²) in [6.07, 6.45) is 4.46. The highest BCUT2D eigenvalue weighted by atomic mass is 16.2. The molecule has 2 fully saturated rings. The first-order chi connectivity index (χ1) is 15.0. The van der Waals surface area contributed by atoms with Gasteiger partial charge in [-0.1, -0.05) is 12.1 Å². The van der Waals surface area contributed by atoms with E-state index >= 15 is 0 Å². The number of carbonyl (C=O) groups is 3. The van der Waals surface area contributed by atoms with Gasteiger partial charge >= 0.3 is 0 Å². The zero-order valence-electron chi connectivity index (χ0n) is 17.3. The number of likely N-dealkylation sites (tertiary alicyclic amines) is 1. The van der Waals surface area contributed by atoms with Crippen LogP contribution in [0.2, 0.25) is 0 Å². The van der Waals surface area contributed by atoms with Gasteiger partial charge < -0.3 is 10.6 Å². The first-order valence-corrected chi connectivity index (χ1v) is 10.8. The summed E-state index contributed by atoms with van der Waals surface area (Å²) in [7, 11) is 0. The molecule has 31 heavy (non-hydrogen) atoms. The number of nitrogens with one attached hydrogen (secondary N) is 2. The number of imide groups is 1. The maximum Gasteiger partial charge on any atom is 0.255 e. The molecule has 0 bridgehead atoms. The molecular weight excluding hydrogens is 396 g/mol. The minimum atomic E-state index is -0.580. The number of aromatic amines is 1. The van der Waals surface area contributed by atoms with Crippen LogP contribution in [0.15, 0.2) is 24.4 Å². The van der Waals surface area contributed by atoms with Crippen LogP contribution in [0.25, 0.3) is 0 Å². The van der Waals surface area contributed by atoms with Crippen molar-refractivity contribution in [2.75, 3.05) is 18.8 Å². The number of carbonyl (C=O) groups excluding carboxylic acids is 3. The zero-order valence-corrected chi connectivity index (χ0v) is 17.3. The Balaban J connectivity index is 1.28. The first kappa shape index (κ1) is 19.7. The van der Waals surface area contributed by atoms with Crippen molar-refractivity contribution in [2.24, 2.45) is 0 Å². The third-order valence-corrected chi connectivity index (χ3v) is 6.61. The molecule has 3 aliphatic heterocycles. The van der Waals surface area contributed by atoms with E-state index in [2.05, 4.69) is 26.5 Å². The molecule has 9 nitrogen and oxygen atoms in total. The summed E-state index contributed by atoms with van der Waals surface area (Å²) in [5.74, 6) is -0.456. The second-order valence-corrected chi connectivity index (χ2v) is 8.70. The van der Waals surface area contributed by atoms with E-state index in [0.29, 0.717) is 30.1 Å². The smallest absolute Gasteiger partial charge is 0.255 e. The van der Waals surface area contributed by atoms with Gasteiger partial charge in [0.1, 0.15) is 6.04 Å². The molecule has 1 aromatic heterocycles. The normalized spacial score (nSPS) is 24.4. The second-order valence-electron chi connectivity index (χ2n) is 8.70. The van der Waals surface area contributed by atoms with Crippen molar-refractivity contribution in [2.45, 2.75) is 50.7 Å². The molecule has 2 aromatic rings. The number of fused-ring (bicyclic) bond motifs is 1. The molecule has 0 spiro atoms. The molecule has 1 aromatic carbocycles. The number of nitrogen functional groups attached to an aromatic ring is 1. The summed E-state index contributed by atoms with van der Waals surface area (Å²) in [6, 6.07) is 5.43. The fourth-order valence-corrected chi connectivity index (χ4v) is 5.03. The Morgan fingerprint density at radius 2 is 2.06 bits per heavy atom. The van der Waals surface area contributed by atoms with E-state index in [4.69, 9.17) is 5.73 Å². The number of hydrogen-bond acceptors (Lipinski definition) is 6. The summed E-state index contributed by atoms with van der Waals surface area (Å²) in [6.45, 7) is 3.05. The summed E-state index contributed by atoms with van der Waals surface area (Å²) in [4.78, 5) is 40.7. The van der Waals surface area contributed by atoms with Crippen molar-refractivity contribution in [3.63, 3.8) is 0 Å². The predicted molar refractivity (Wildman–Crippen MR) is 113 cm³/mol. The summed E-state index contributed by atoms with van der Waals surface area (Å²) in [5, 5.41) is 9.43. The van der Waals surface area contributed by atoms with Gasteiger partial charge in [0.05, 0.1) is 17.6 Å². The average molecular weight is 422 g/mol. The lowest BCUT2D eigenvalue weighted by Crippen LogP contribution is -2.52. The Morgan fingerprint density at radius 3 is 2.84 bits per heavy atom. The highest BCUT2D eigenvalue weighted by Crippen LogP contribution is 2.31. The Hall–Kier alpha value is -3.20. The monoisotopic (exact) mass is 422 g/mol. The fourth-order valence-electron chi connectivity index (χ4n) is 5.03. The van der Waals surface area contributed by atoms with Gasteiger partial charge in [0.25, 0.3) is 5.91 Å². The predicted octanol–water partition coefficient (Wildman–Crippen LogP) is 1.13. The molecule has 2 saturated heterocycles. The van der Waals surface area contributed by atoms with Gasteiger partial charge in [-0.15, -0.1) is 0 Å². The van der Waals surface area contributed by atoms with Crippen LogP contribution in [0.3, 0.4) is 0 Å². The molecular formula is C22H26N6O3. The SMILES string of the molecule is Nc1cn[nH]c1C1CCCN(Cc2ccc3c(c2)C(=O)N(C2CCC(=O)NC2=O)C3)C1. The van der Waals surface area contributed by atoms with Crippen LogP contribution in [0.5, 0.6) is 0 Å². The minimum absolute atomic E-state index is 0.131. The summed E-state index contributed by atoms with van der Waals surface area (Å²) < 4.78 is 0. The van der Waals surface area contributed by atoms with E-state index in [1.54, 1.807) is 11.1 Å². The van der Waals surface area contributed by atoms with E-state index in [-0.39, 0.29) is 24.1 Å². The van der Waals surface area contributed by atoms with Crippen LogP contribution in [-0.4, -0.2) is 56.9 Å². The van der Waals surface area contributed by atoms with Gasteiger partial charge in [0.2, 0.25) is 11.8 Å². The van der Waals surface area contributed by atoms with E-state index in [0.717, 1.165) is 49.3 Å². The summed E-state index contributed by atoms with van der Waals surface area (Å²) in [5.41, 5.74) is 10.4. The second kappa shape index (κ2) is 7.81. The van der Waals surface area contributed by atoms with E-state index in [1.165, 1.54) is 0 Å². The molecule has 0 saturated carbocycles. The van der Waals surface area contributed by atoms with Crippen molar-refractivity contribution in [1.82, 2.24) is 25.3 Å². The summed E-state index contributed by atoms with van der Waals surface area (Å²) >= 11 is 0. The van der Waals surface area contributed by atoms with Gasteiger partial charge in [-0.2, -0.15) is 5.10 Å². The number of nitrogens with zero attached hydrogens (tertiary/aromatic N) is 3. The Kier molecular flexibility index (Phi) is 4.97. The molecule has 0 aliphatic carbocycles. The van der Waals surface area contributed by atoms with Crippen LogP contribution >= 0.6 is 0 Å². The van der Waals surface area contributed by atoms with Gasteiger partial charge in [-0.3, -0.25) is 29.7 Å². The Morgan fingerprint density at radius 1 is 1.19 bits per heavy atom.